The predicted octanol–water partition coefficient (Wildman–Crippen LogP) is 2.45. The van der Waals surface area contributed by atoms with Crippen molar-refractivity contribution in [3.05, 3.63) is 0 Å². The Morgan fingerprint density at radius 2 is 1.44 bits per heavy atom. The molecular formula is C24H45N3O7. The van der Waals surface area contributed by atoms with E-state index in [1.807, 2.05) is 55.4 Å². The number of rotatable bonds is 11. The zero-order valence-corrected chi connectivity index (χ0v) is 22.2. The normalized spacial score (nSPS) is 16.3. The third kappa shape index (κ3) is 11.0. The minimum absolute atomic E-state index is 0.0606. The second-order valence-corrected chi connectivity index (χ2v) is 10.5. The SMILES string of the molecule is CCOC(CNCC(=O)NCC1(C(=O)OC(C)(C)C)CCN(C(=O)OC(C)(C)C)CC1)OCC. The summed E-state index contributed by atoms with van der Waals surface area (Å²) in [5, 5.41) is 5.88. The summed E-state index contributed by atoms with van der Waals surface area (Å²) in [6.45, 7) is 16.9. The third-order valence-electron chi connectivity index (χ3n) is 5.13. The summed E-state index contributed by atoms with van der Waals surface area (Å²) < 4.78 is 22.0. The van der Waals surface area contributed by atoms with Gasteiger partial charge in [-0.1, -0.05) is 0 Å². The number of likely N-dealkylation sites (tertiary alicyclic amines) is 1. The standard InChI is InChI=1S/C24H45N3O7/c1-9-31-19(32-10-2)16-25-15-18(28)26-17-24(20(29)33-22(3,4)5)11-13-27(14-12-24)21(30)34-23(6,7)8/h19,25H,9-17H2,1-8H3,(H,26,28). The maximum atomic E-state index is 13.1. The van der Waals surface area contributed by atoms with E-state index in [4.69, 9.17) is 18.9 Å². The van der Waals surface area contributed by atoms with Gasteiger partial charge in [0.15, 0.2) is 6.29 Å². The molecule has 10 heteroatoms. The van der Waals surface area contributed by atoms with Crippen molar-refractivity contribution in [1.29, 1.82) is 0 Å². The van der Waals surface area contributed by atoms with Crippen LogP contribution in [-0.4, -0.2) is 86.3 Å². The van der Waals surface area contributed by atoms with E-state index < -0.39 is 29.0 Å². The zero-order valence-electron chi connectivity index (χ0n) is 22.2. The van der Waals surface area contributed by atoms with Crippen molar-refractivity contribution in [2.75, 3.05) is 45.9 Å². The van der Waals surface area contributed by atoms with Crippen molar-refractivity contribution in [2.45, 2.75) is 85.7 Å². The van der Waals surface area contributed by atoms with Crippen molar-refractivity contribution < 1.29 is 33.3 Å². The number of esters is 1. The molecule has 34 heavy (non-hydrogen) atoms. The molecule has 1 saturated heterocycles. The molecule has 0 aromatic heterocycles. The summed E-state index contributed by atoms with van der Waals surface area (Å²) in [5.74, 6) is -0.617. The molecule has 0 aliphatic carbocycles. The van der Waals surface area contributed by atoms with Gasteiger partial charge in [-0.25, -0.2) is 4.79 Å². The highest BCUT2D eigenvalue weighted by Gasteiger charge is 2.45. The molecule has 0 aromatic rings. The molecule has 0 spiro atoms. The minimum Gasteiger partial charge on any atom is -0.459 e. The maximum Gasteiger partial charge on any atom is 0.410 e. The Hall–Kier alpha value is -1.91. The maximum absolute atomic E-state index is 13.1. The van der Waals surface area contributed by atoms with Gasteiger partial charge in [-0.15, -0.1) is 0 Å². The van der Waals surface area contributed by atoms with Gasteiger partial charge in [-0.3, -0.25) is 9.59 Å². The van der Waals surface area contributed by atoms with Crippen LogP contribution >= 0.6 is 0 Å². The van der Waals surface area contributed by atoms with Gasteiger partial charge in [-0.2, -0.15) is 0 Å². The molecular weight excluding hydrogens is 442 g/mol. The summed E-state index contributed by atoms with van der Waals surface area (Å²) in [7, 11) is 0. The van der Waals surface area contributed by atoms with Crippen molar-refractivity contribution in [1.82, 2.24) is 15.5 Å². The minimum atomic E-state index is -0.916. The van der Waals surface area contributed by atoms with Gasteiger partial charge >= 0.3 is 12.1 Å². The van der Waals surface area contributed by atoms with Gasteiger partial charge in [0.05, 0.1) is 12.0 Å². The largest absolute Gasteiger partial charge is 0.459 e. The third-order valence-corrected chi connectivity index (χ3v) is 5.13. The molecule has 1 aliphatic heterocycles. The highest BCUT2D eigenvalue weighted by Crippen LogP contribution is 2.34. The number of nitrogens with one attached hydrogen (secondary N) is 2. The molecule has 2 N–H and O–H groups in total. The molecule has 1 heterocycles. The molecule has 0 aromatic carbocycles. The van der Waals surface area contributed by atoms with E-state index in [0.717, 1.165) is 0 Å². The second-order valence-electron chi connectivity index (χ2n) is 10.5. The first kappa shape index (κ1) is 30.1. The Morgan fingerprint density at radius 3 is 1.91 bits per heavy atom. The smallest absolute Gasteiger partial charge is 0.410 e. The van der Waals surface area contributed by atoms with Crippen LogP contribution in [0.15, 0.2) is 0 Å². The lowest BCUT2D eigenvalue weighted by Crippen LogP contribution is -2.54. The summed E-state index contributed by atoms with van der Waals surface area (Å²) in [4.78, 5) is 39.7. The van der Waals surface area contributed by atoms with Crippen molar-refractivity contribution in [3.63, 3.8) is 0 Å². The quantitative estimate of drug-likeness (QED) is 0.337. The van der Waals surface area contributed by atoms with Crippen molar-refractivity contribution in [3.8, 4) is 0 Å². The van der Waals surface area contributed by atoms with Crippen molar-refractivity contribution in [2.24, 2.45) is 5.41 Å². The van der Waals surface area contributed by atoms with Crippen LogP contribution in [0.5, 0.6) is 0 Å². The van der Waals surface area contributed by atoms with E-state index in [1.54, 1.807) is 4.90 Å². The average Bonchev–Trinajstić information content (AvgIpc) is 2.70. The van der Waals surface area contributed by atoms with Crippen LogP contribution in [0.4, 0.5) is 4.79 Å². The number of carbonyl (C=O) groups excluding carboxylic acids is 3. The van der Waals surface area contributed by atoms with Crippen LogP contribution in [0.1, 0.15) is 68.2 Å². The van der Waals surface area contributed by atoms with E-state index >= 15 is 0 Å². The molecule has 1 aliphatic rings. The van der Waals surface area contributed by atoms with Crippen LogP contribution < -0.4 is 10.6 Å². The lowest BCUT2D eigenvalue weighted by atomic mass is 9.78. The van der Waals surface area contributed by atoms with Crippen molar-refractivity contribution >= 4 is 18.0 Å². The Morgan fingerprint density at radius 1 is 0.912 bits per heavy atom. The van der Waals surface area contributed by atoms with Gasteiger partial charge in [0.1, 0.15) is 11.2 Å². The first-order chi connectivity index (χ1) is 15.7. The van der Waals surface area contributed by atoms with Gasteiger partial charge in [-0.05, 0) is 68.2 Å². The second kappa shape index (κ2) is 13.3. The molecule has 1 rings (SSSR count). The van der Waals surface area contributed by atoms with E-state index in [9.17, 15) is 14.4 Å². The monoisotopic (exact) mass is 487 g/mol. The number of hydrogen-bond donors (Lipinski definition) is 2. The molecule has 0 radical (unpaired) electrons. The first-order valence-corrected chi connectivity index (χ1v) is 12.1. The number of hydrogen-bond acceptors (Lipinski definition) is 8. The van der Waals surface area contributed by atoms with Crippen LogP contribution in [0.25, 0.3) is 0 Å². The van der Waals surface area contributed by atoms with Gasteiger partial charge in [0, 0.05) is 39.4 Å². The number of ether oxygens (including phenoxy) is 4. The summed E-state index contributed by atoms with van der Waals surface area (Å²) in [5.41, 5.74) is -2.17. The molecule has 0 unspecified atom stereocenters. The van der Waals surface area contributed by atoms with Crippen LogP contribution in [-0.2, 0) is 28.5 Å². The Bertz CT molecular complexity index is 656. The van der Waals surface area contributed by atoms with E-state index in [0.29, 0.717) is 45.7 Å². The molecule has 2 amide bonds. The molecule has 1 fully saturated rings. The van der Waals surface area contributed by atoms with Gasteiger partial charge in [0.25, 0.3) is 0 Å². The number of carbonyl (C=O) groups is 3. The Balaban J connectivity index is 2.73. The summed E-state index contributed by atoms with van der Waals surface area (Å²) >= 11 is 0. The molecule has 198 valence electrons. The first-order valence-electron chi connectivity index (χ1n) is 12.1. The van der Waals surface area contributed by atoms with E-state index in [2.05, 4.69) is 10.6 Å². The Kier molecular flexibility index (Phi) is 11.7. The van der Waals surface area contributed by atoms with E-state index in [1.165, 1.54) is 0 Å². The van der Waals surface area contributed by atoms with Crippen LogP contribution in [0.2, 0.25) is 0 Å². The fourth-order valence-electron chi connectivity index (χ4n) is 3.45. The van der Waals surface area contributed by atoms with Gasteiger partial charge in [0.2, 0.25) is 5.91 Å². The van der Waals surface area contributed by atoms with Crippen LogP contribution in [0.3, 0.4) is 0 Å². The molecule has 0 atom stereocenters. The van der Waals surface area contributed by atoms with E-state index in [-0.39, 0.29) is 25.0 Å². The molecule has 10 nitrogen and oxygen atoms in total. The lowest BCUT2D eigenvalue weighted by Gasteiger charge is -2.41. The average molecular weight is 488 g/mol. The van der Waals surface area contributed by atoms with Gasteiger partial charge < -0.3 is 34.5 Å². The fraction of sp³-hybridized carbons (Fsp3) is 0.875. The topological polar surface area (TPSA) is 115 Å². The Labute approximate surface area is 204 Å². The highest BCUT2D eigenvalue weighted by molar-refractivity contribution is 5.81. The summed E-state index contributed by atoms with van der Waals surface area (Å²) in [6.07, 6.45) is -0.0956. The summed E-state index contributed by atoms with van der Waals surface area (Å²) in [6, 6.07) is 0. The number of amides is 2. The zero-order chi connectivity index (χ0) is 26.0. The molecule has 0 saturated carbocycles. The number of piperidine rings is 1. The number of nitrogens with zero attached hydrogens (tertiary/aromatic N) is 1. The lowest BCUT2D eigenvalue weighted by molar-refractivity contribution is -0.170. The van der Waals surface area contributed by atoms with Crippen LogP contribution in [0, 0.1) is 5.41 Å². The molecule has 0 bridgehead atoms. The highest BCUT2D eigenvalue weighted by atomic mass is 16.7. The fourth-order valence-corrected chi connectivity index (χ4v) is 3.45. The predicted molar refractivity (Wildman–Crippen MR) is 128 cm³/mol.